The Labute approximate surface area is 144 Å². The zero-order chi connectivity index (χ0) is 17.5. The van der Waals surface area contributed by atoms with Crippen molar-refractivity contribution in [3.05, 3.63) is 47.0 Å². The van der Waals surface area contributed by atoms with Gasteiger partial charge in [0.1, 0.15) is 11.6 Å². The molecule has 1 N–H and O–H groups in total. The lowest BCUT2D eigenvalue weighted by Crippen LogP contribution is -2.27. The molecule has 0 saturated heterocycles. The molecule has 2 amide bonds. The standard InChI is InChI=1S/C17H16N4O2S/c1-3-21(12(2)22)17-20-15(11-24-17)9-13(10-18)16(23)19-14-7-5-4-6-8-14/h4-9,11H,3H2,1-2H3,(H,19,23)/b13-9+. The van der Waals surface area contributed by atoms with Crippen molar-refractivity contribution in [3.8, 4) is 6.07 Å². The number of rotatable bonds is 5. The fourth-order valence-corrected chi connectivity index (χ4v) is 2.87. The van der Waals surface area contributed by atoms with Gasteiger partial charge in [0.15, 0.2) is 5.13 Å². The van der Waals surface area contributed by atoms with E-state index in [1.165, 1.54) is 29.2 Å². The lowest BCUT2D eigenvalue weighted by molar-refractivity contribution is -0.116. The molecule has 0 aliphatic heterocycles. The molecule has 2 aromatic rings. The summed E-state index contributed by atoms with van der Waals surface area (Å²) < 4.78 is 0. The number of aromatic nitrogens is 1. The molecular weight excluding hydrogens is 324 g/mol. The van der Waals surface area contributed by atoms with Crippen LogP contribution in [-0.2, 0) is 9.59 Å². The van der Waals surface area contributed by atoms with Crippen molar-refractivity contribution in [1.82, 2.24) is 4.98 Å². The number of nitrogens with one attached hydrogen (secondary N) is 1. The summed E-state index contributed by atoms with van der Waals surface area (Å²) in [5.74, 6) is -0.609. The van der Waals surface area contributed by atoms with E-state index in [-0.39, 0.29) is 11.5 Å². The van der Waals surface area contributed by atoms with Gasteiger partial charge in [0, 0.05) is 24.5 Å². The highest BCUT2D eigenvalue weighted by atomic mass is 32.1. The number of nitrogens with zero attached hydrogens (tertiary/aromatic N) is 3. The quantitative estimate of drug-likeness (QED) is 0.669. The smallest absolute Gasteiger partial charge is 0.266 e. The molecule has 2 rings (SSSR count). The average molecular weight is 340 g/mol. The van der Waals surface area contributed by atoms with Gasteiger partial charge in [-0.15, -0.1) is 11.3 Å². The van der Waals surface area contributed by atoms with Crippen molar-refractivity contribution in [2.75, 3.05) is 16.8 Å². The van der Waals surface area contributed by atoms with Crippen LogP contribution in [0.4, 0.5) is 10.8 Å². The number of nitriles is 1. The highest BCUT2D eigenvalue weighted by molar-refractivity contribution is 7.14. The number of hydrogen-bond acceptors (Lipinski definition) is 5. The van der Waals surface area contributed by atoms with Crippen molar-refractivity contribution in [2.24, 2.45) is 0 Å². The highest BCUT2D eigenvalue weighted by Crippen LogP contribution is 2.22. The number of amides is 2. The Bertz CT molecular complexity index is 805. The van der Waals surface area contributed by atoms with E-state index < -0.39 is 5.91 Å². The van der Waals surface area contributed by atoms with Gasteiger partial charge < -0.3 is 5.32 Å². The van der Waals surface area contributed by atoms with Gasteiger partial charge in [0.25, 0.3) is 5.91 Å². The average Bonchev–Trinajstić information content (AvgIpc) is 3.02. The van der Waals surface area contributed by atoms with Gasteiger partial charge in [-0.2, -0.15) is 5.26 Å². The van der Waals surface area contributed by atoms with Crippen molar-refractivity contribution >= 4 is 40.0 Å². The largest absolute Gasteiger partial charge is 0.321 e. The van der Waals surface area contributed by atoms with Gasteiger partial charge in [0.05, 0.1) is 5.69 Å². The molecule has 0 unspecified atom stereocenters. The summed E-state index contributed by atoms with van der Waals surface area (Å²) in [5.41, 5.74) is 1.02. The van der Waals surface area contributed by atoms with Crippen LogP contribution in [-0.4, -0.2) is 23.3 Å². The van der Waals surface area contributed by atoms with Crippen LogP contribution in [0.1, 0.15) is 19.5 Å². The minimum Gasteiger partial charge on any atom is -0.321 e. The van der Waals surface area contributed by atoms with Crippen LogP contribution >= 0.6 is 11.3 Å². The third-order valence-electron chi connectivity index (χ3n) is 3.13. The molecule has 0 saturated carbocycles. The summed E-state index contributed by atoms with van der Waals surface area (Å²) in [4.78, 5) is 29.5. The van der Waals surface area contributed by atoms with Gasteiger partial charge >= 0.3 is 0 Å². The zero-order valence-corrected chi connectivity index (χ0v) is 14.1. The molecule has 6 nitrogen and oxygen atoms in total. The lowest BCUT2D eigenvalue weighted by atomic mass is 10.2. The van der Waals surface area contributed by atoms with Crippen molar-refractivity contribution in [1.29, 1.82) is 5.26 Å². The van der Waals surface area contributed by atoms with Gasteiger partial charge in [-0.1, -0.05) is 18.2 Å². The zero-order valence-electron chi connectivity index (χ0n) is 13.3. The second kappa shape index (κ2) is 8.04. The summed E-state index contributed by atoms with van der Waals surface area (Å²) in [5, 5.41) is 14.1. The molecule has 0 spiro atoms. The SMILES string of the molecule is CCN(C(C)=O)c1nc(/C=C(\C#N)C(=O)Nc2ccccc2)cs1. The molecular formula is C17H16N4O2S. The van der Waals surface area contributed by atoms with Crippen LogP contribution in [0.5, 0.6) is 0 Å². The molecule has 1 aromatic carbocycles. The molecule has 7 heteroatoms. The number of para-hydroxylation sites is 1. The minimum absolute atomic E-state index is 0.0541. The molecule has 0 radical (unpaired) electrons. The Kier molecular flexibility index (Phi) is 5.82. The van der Waals surface area contributed by atoms with Crippen molar-refractivity contribution in [3.63, 3.8) is 0 Å². The second-order valence-corrected chi connectivity index (χ2v) is 5.64. The van der Waals surface area contributed by atoms with E-state index in [0.29, 0.717) is 23.1 Å². The summed E-state index contributed by atoms with van der Waals surface area (Å²) in [7, 11) is 0. The van der Waals surface area contributed by atoms with Crippen molar-refractivity contribution < 1.29 is 9.59 Å². The van der Waals surface area contributed by atoms with E-state index in [4.69, 9.17) is 0 Å². The number of benzene rings is 1. The van der Waals surface area contributed by atoms with Crippen LogP contribution in [0.2, 0.25) is 0 Å². The van der Waals surface area contributed by atoms with Crippen LogP contribution < -0.4 is 10.2 Å². The first-order valence-corrected chi connectivity index (χ1v) is 8.15. The van der Waals surface area contributed by atoms with Gasteiger partial charge in [-0.3, -0.25) is 14.5 Å². The first-order valence-electron chi connectivity index (χ1n) is 7.27. The van der Waals surface area contributed by atoms with Gasteiger partial charge in [0.2, 0.25) is 5.91 Å². The first kappa shape index (κ1) is 17.4. The monoisotopic (exact) mass is 340 g/mol. The van der Waals surface area contributed by atoms with Crippen LogP contribution in [0, 0.1) is 11.3 Å². The van der Waals surface area contributed by atoms with Crippen LogP contribution in [0.25, 0.3) is 6.08 Å². The van der Waals surface area contributed by atoms with Crippen molar-refractivity contribution in [2.45, 2.75) is 13.8 Å². The minimum atomic E-state index is -0.503. The fraction of sp³-hybridized carbons (Fsp3) is 0.176. The Morgan fingerprint density at radius 1 is 1.38 bits per heavy atom. The Morgan fingerprint density at radius 3 is 2.67 bits per heavy atom. The summed E-state index contributed by atoms with van der Waals surface area (Å²) in [6.45, 7) is 3.83. The molecule has 0 bridgehead atoms. The molecule has 122 valence electrons. The molecule has 0 atom stereocenters. The molecule has 1 heterocycles. The van der Waals surface area contributed by atoms with Crippen LogP contribution in [0.3, 0.4) is 0 Å². The maximum atomic E-state index is 12.2. The van der Waals surface area contributed by atoms with Gasteiger partial charge in [-0.05, 0) is 25.1 Å². The van der Waals surface area contributed by atoms with Gasteiger partial charge in [-0.25, -0.2) is 4.98 Å². The summed E-state index contributed by atoms with van der Waals surface area (Å²) >= 11 is 1.29. The third kappa shape index (κ3) is 4.27. The second-order valence-electron chi connectivity index (χ2n) is 4.81. The Morgan fingerprint density at radius 2 is 2.08 bits per heavy atom. The number of carbonyl (C=O) groups excluding carboxylic acids is 2. The summed E-state index contributed by atoms with van der Waals surface area (Å²) in [6.07, 6.45) is 1.41. The van der Waals surface area contributed by atoms with E-state index >= 15 is 0 Å². The van der Waals surface area contributed by atoms with E-state index in [2.05, 4.69) is 10.3 Å². The maximum Gasteiger partial charge on any atom is 0.266 e. The molecule has 1 aromatic heterocycles. The number of carbonyl (C=O) groups is 2. The Balaban J connectivity index is 2.19. The summed E-state index contributed by atoms with van der Waals surface area (Å²) in [6, 6.07) is 10.8. The number of hydrogen-bond donors (Lipinski definition) is 1. The number of anilines is 2. The normalized spacial score (nSPS) is 10.8. The van der Waals surface area contributed by atoms with E-state index in [0.717, 1.165) is 0 Å². The van der Waals surface area contributed by atoms with Crippen LogP contribution in [0.15, 0.2) is 41.3 Å². The molecule has 0 aliphatic carbocycles. The van der Waals surface area contributed by atoms with E-state index in [9.17, 15) is 14.9 Å². The fourth-order valence-electron chi connectivity index (χ4n) is 1.98. The molecule has 0 aliphatic rings. The predicted octanol–water partition coefficient (Wildman–Crippen LogP) is 3.06. The molecule has 24 heavy (non-hydrogen) atoms. The lowest BCUT2D eigenvalue weighted by Gasteiger charge is -2.14. The Hall–Kier alpha value is -2.98. The van der Waals surface area contributed by atoms with E-state index in [1.54, 1.807) is 29.6 Å². The number of thiazole rings is 1. The third-order valence-corrected chi connectivity index (χ3v) is 4.01. The maximum absolute atomic E-state index is 12.2. The topological polar surface area (TPSA) is 86.1 Å². The molecule has 0 fully saturated rings. The first-order chi connectivity index (χ1) is 11.5. The van der Waals surface area contributed by atoms with E-state index in [1.807, 2.05) is 19.1 Å². The predicted molar refractivity (Wildman–Crippen MR) is 94.5 cm³/mol. The highest BCUT2D eigenvalue weighted by Gasteiger charge is 2.14.